The number of hydrogen-bond donors (Lipinski definition) is 2. The highest BCUT2D eigenvalue weighted by atomic mass is 16.5. The molecule has 0 saturated carbocycles. The van der Waals surface area contributed by atoms with Crippen molar-refractivity contribution < 1.29 is 9.53 Å². The van der Waals surface area contributed by atoms with Crippen molar-refractivity contribution in [1.29, 1.82) is 0 Å². The lowest BCUT2D eigenvalue weighted by atomic mass is 10.1. The average molecular weight is 389 g/mol. The van der Waals surface area contributed by atoms with Gasteiger partial charge in [-0.3, -0.25) is 9.89 Å². The van der Waals surface area contributed by atoms with Gasteiger partial charge in [0.05, 0.1) is 6.61 Å². The lowest BCUT2D eigenvalue weighted by molar-refractivity contribution is -0.116. The number of benzene rings is 2. The summed E-state index contributed by atoms with van der Waals surface area (Å²) in [4.78, 5) is 16.7. The lowest BCUT2D eigenvalue weighted by Crippen LogP contribution is -2.12. The lowest BCUT2D eigenvalue weighted by Gasteiger charge is -2.06. The Balaban J connectivity index is 1.43. The fraction of sp³-hybridized carbons (Fsp3) is 0.227. The summed E-state index contributed by atoms with van der Waals surface area (Å²) in [5.74, 6) is 0.651. The highest BCUT2D eigenvalue weighted by Gasteiger charge is 2.11. The van der Waals surface area contributed by atoms with E-state index in [0.29, 0.717) is 25.3 Å². The molecule has 4 rings (SSSR count). The van der Waals surface area contributed by atoms with Crippen LogP contribution in [-0.4, -0.2) is 39.4 Å². The molecule has 0 aliphatic rings. The first kappa shape index (κ1) is 18.9. The third kappa shape index (κ3) is 4.35. The molecule has 0 saturated heterocycles. The van der Waals surface area contributed by atoms with Gasteiger partial charge in [-0.2, -0.15) is 5.10 Å². The zero-order chi connectivity index (χ0) is 20.1. The van der Waals surface area contributed by atoms with Crippen molar-refractivity contribution >= 4 is 22.5 Å². The second-order valence-corrected chi connectivity index (χ2v) is 6.82. The zero-order valence-corrected chi connectivity index (χ0v) is 16.3. The first-order chi connectivity index (χ1) is 14.2. The number of methoxy groups -OCH3 is 1. The molecule has 0 atom stereocenters. The second kappa shape index (κ2) is 8.70. The van der Waals surface area contributed by atoms with Crippen LogP contribution in [0.2, 0.25) is 0 Å². The van der Waals surface area contributed by atoms with E-state index in [1.165, 1.54) is 22.8 Å². The number of rotatable bonds is 8. The maximum atomic E-state index is 12.5. The van der Waals surface area contributed by atoms with Crippen LogP contribution in [0.3, 0.4) is 0 Å². The number of H-pyrrole nitrogens is 1. The van der Waals surface area contributed by atoms with Crippen LogP contribution in [-0.2, 0) is 22.5 Å². The predicted octanol–water partition coefficient (Wildman–Crippen LogP) is 3.64. The molecule has 0 bridgehead atoms. The van der Waals surface area contributed by atoms with Gasteiger partial charge < -0.3 is 14.6 Å². The van der Waals surface area contributed by atoms with E-state index < -0.39 is 0 Å². The molecule has 0 radical (unpaired) electrons. The van der Waals surface area contributed by atoms with E-state index in [-0.39, 0.29) is 5.91 Å². The number of hydrogen-bond acceptors (Lipinski definition) is 4. The molecule has 2 heterocycles. The number of carbonyl (C=O) groups is 1. The molecule has 2 aromatic heterocycles. The van der Waals surface area contributed by atoms with E-state index in [1.54, 1.807) is 7.11 Å². The van der Waals surface area contributed by atoms with Crippen molar-refractivity contribution in [2.45, 2.75) is 19.4 Å². The normalized spacial score (nSPS) is 11.1. The van der Waals surface area contributed by atoms with Gasteiger partial charge in [-0.1, -0.05) is 30.3 Å². The van der Waals surface area contributed by atoms with Crippen molar-refractivity contribution in [2.75, 3.05) is 19.0 Å². The summed E-state index contributed by atoms with van der Waals surface area (Å²) in [6, 6.07) is 15.8. The Morgan fingerprint density at radius 3 is 2.93 bits per heavy atom. The van der Waals surface area contributed by atoms with Crippen LogP contribution in [0.5, 0.6) is 0 Å². The molecule has 0 fully saturated rings. The van der Waals surface area contributed by atoms with Crippen molar-refractivity contribution in [3.8, 4) is 11.4 Å². The maximum absolute atomic E-state index is 12.5. The van der Waals surface area contributed by atoms with Crippen molar-refractivity contribution in [3.05, 3.63) is 66.6 Å². The Morgan fingerprint density at radius 2 is 2.10 bits per heavy atom. The third-order valence-electron chi connectivity index (χ3n) is 4.86. The molecular weight excluding hydrogens is 366 g/mol. The Kier molecular flexibility index (Phi) is 5.67. The van der Waals surface area contributed by atoms with Gasteiger partial charge in [0.15, 0.2) is 5.82 Å². The van der Waals surface area contributed by atoms with E-state index >= 15 is 0 Å². The highest BCUT2D eigenvalue weighted by Crippen LogP contribution is 2.23. The molecule has 1 amide bonds. The number of para-hydroxylation sites is 1. The maximum Gasteiger partial charge on any atom is 0.224 e. The molecule has 29 heavy (non-hydrogen) atoms. The first-order valence-corrected chi connectivity index (χ1v) is 9.56. The fourth-order valence-electron chi connectivity index (χ4n) is 3.46. The molecule has 4 aromatic rings. The predicted molar refractivity (Wildman–Crippen MR) is 113 cm³/mol. The minimum absolute atomic E-state index is 0.0200. The zero-order valence-electron chi connectivity index (χ0n) is 16.3. The summed E-state index contributed by atoms with van der Waals surface area (Å²) in [5.41, 5.74) is 3.95. The SMILES string of the molecule is COCCn1cc(CCC(=O)Nc2cccc(-c3ncn[nH]3)c2)c2ccccc21. The summed E-state index contributed by atoms with van der Waals surface area (Å²) in [6.07, 6.45) is 4.67. The van der Waals surface area contributed by atoms with Crippen molar-refractivity contribution in [2.24, 2.45) is 0 Å². The molecule has 0 unspecified atom stereocenters. The summed E-state index contributed by atoms with van der Waals surface area (Å²) < 4.78 is 7.40. The molecular formula is C22H23N5O2. The summed E-state index contributed by atoms with van der Waals surface area (Å²) in [7, 11) is 1.70. The fourth-order valence-corrected chi connectivity index (χ4v) is 3.46. The van der Waals surface area contributed by atoms with Gasteiger partial charge in [-0.25, -0.2) is 4.98 Å². The summed E-state index contributed by atoms with van der Waals surface area (Å²) in [5, 5.41) is 10.9. The van der Waals surface area contributed by atoms with Crippen LogP contribution in [0.4, 0.5) is 5.69 Å². The Morgan fingerprint density at radius 1 is 1.21 bits per heavy atom. The first-order valence-electron chi connectivity index (χ1n) is 9.56. The van der Waals surface area contributed by atoms with Gasteiger partial charge >= 0.3 is 0 Å². The van der Waals surface area contributed by atoms with Gasteiger partial charge in [0, 0.05) is 48.4 Å². The van der Waals surface area contributed by atoms with Crippen molar-refractivity contribution in [3.63, 3.8) is 0 Å². The van der Waals surface area contributed by atoms with E-state index in [2.05, 4.69) is 43.4 Å². The van der Waals surface area contributed by atoms with Crippen LogP contribution in [0.25, 0.3) is 22.3 Å². The van der Waals surface area contributed by atoms with Gasteiger partial charge in [-0.05, 0) is 30.2 Å². The Bertz CT molecular complexity index is 1100. The van der Waals surface area contributed by atoms with E-state index in [9.17, 15) is 4.79 Å². The number of amides is 1. The quantitative estimate of drug-likeness (QED) is 0.482. The molecule has 7 heteroatoms. The standard InChI is InChI=1S/C22H23N5O2/c1-29-12-11-27-14-17(19-7-2-3-8-20(19)27)9-10-21(28)25-18-6-4-5-16(13-18)22-23-15-24-26-22/h2-8,13-15H,9-12H2,1H3,(H,25,28)(H,23,24,26). The van der Waals surface area contributed by atoms with Gasteiger partial charge in [0.25, 0.3) is 0 Å². The Labute approximate surface area is 168 Å². The number of ether oxygens (including phenoxy) is 1. The van der Waals surface area contributed by atoms with Gasteiger partial charge in [0.1, 0.15) is 6.33 Å². The van der Waals surface area contributed by atoms with Crippen LogP contribution in [0, 0.1) is 0 Å². The molecule has 148 valence electrons. The number of nitrogens with zero attached hydrogens (tertiary/aromatic N) is 3. The summed E-state index contributed by atoms with van der Waals surface area (Å²) >= 11 is 0. The van der Waals surface area contributed by atoms with Crippen LogP contribution in [0.15, 0.2) is 61.1 Å². The van der Waals surface area contributed by atoms with Crippen LogP contribution < -0.4 is 5.32 Å². The number of nitrogens with one attached hydrogen (secondary N) is 2. The largest absolute Gasteiger partial charge is 0.383 e. The number of aryl methyl sites for hydroxylation is 1. The molecule has 0 aliphatic heterocycles. The number of anilines is 1. The number of aromatic nitrogens is 4. The number of aromatic amines is 1. The van der Waals surface area contributed by atoms with Crippen molar-refractivity contribution in [1.82, 2.24) is 19.7 Å². The highest BCUT2D eigenvalue weighted by molar-refractivity contribution is 5.92. The summed E-state index contributed by atoms with van der Waals surface area (Å²) in [6.45, 7) is 1.44. The minimum Gasteiger partial charge on any atom is -0.383 e. The monoisotopic (exact) mass is 389 g/mol. The van der Waals surface area contributed by atoms with Gasteiger partial charge in [-0.15, -0.1) is 0 Å². The third-order valence-corrected chi connectivity index (χ3v) is 4.86. The molecule has 0 aliphatic carbocycles. The average Bonchev–Trinajstić information content (AvgIpc) is 3.40. The van der Waals surface area contributed by atoms with E-state index in [4.69, 9.17) is 4.74 Å². The molecule has 2 N–H and O–H groups in total. The Hall–Kier alpha value is -3.45. The number of carbonyl (C=O) groups excluding carboxylic acids is 1. The van der Waals surface area contributed by atoms with E-state index in [1.807, 2.05) is 36.4 Å². The van der Waals surface area contributed by atoms with Gasteiger partial charge in [0.2, 0.25) is 5.91 Å². The number of fused-ring (bicyclic) bond motifs is 1. The molecule has 0 spiro atoms. The van der Waals surface area contributed by atoms with E-state index in [0.717, 1.165) is 17.8 Å². The molecule has 7 nitrogen and oxygen atoms in total. The smallest absolute Gasteiger partial charge is 0.224 e. The molecule has 2 aromatic carbocycles. The van der Waals surface area contributed by atoms with Crippen LogP contribution in [0.1, 0.15) is 12.0 Å². The topological polar surface area (TPSA) is 84.8 Å². The second-order valence-electron chi connectivity index (χ2n) is 6.82. The van der Waals surface area contributed by atoms with Crippen LogP contribution >= 0.6 is 0 Å². The minimum atomic E-state index is -0.0200.